The smallest absolute Gasteiger partial charge is 0.269 e. The first-order chi connectivity index (χ1) is 11.7. The summed E-state index contributed by atoms with van der Waals surface area (Å²) in [5, 5.41) is 20.6. The Balaban J connectivity index is 2.08. The number of nitro groups is 1. The molecule has 0 bridgehead atoms. The maximum atomic E-state index is 13.1. The molecule has 6 heteroatoms. The highest BCUT2D eigenvalue weighted by Crippen LogP contribution is 2.41. The van der Waals surface area contributed by atoms with E-state index in [-0.39, 0.29) is 17.3 Å². The van der Waals surface area contributed by atoms with Gasteiger partial charge in [0.2, 0.25) is 0 Å². The number of benzene rings is 2. The van der Waals surface area contributed by atoms with E-state index in [1.807, 2.05) is 26.8 Å². The molecule has 128 valence electrons. The topological polar surface area (TPSA) is 83.7 Å². The number of non-ortho nitro benzene ring substituents is 1. The number of nitro benzene ring substituents is 1. The number of hydrogen-bond donors (Lipinski definition) is 1. The van der Waals surface area contributed by atoms with Crippen molar-refractivity contribution in [2.45, 2.75) is 26.3 Å². The van der Waals surface area contributed by atoms with Crippen molar-refractivity contribution in [3.05, 3.63) is 69.8 Å². The van der Waals surface area contributed by atoms with Gasteiger partial charge in [-0.25, -0.2) is 0 Å². The predicted octanol–water partition coefficient (Wildman–Crippen LogP) is 4.14. The Bertz CT molecular complexity index is 898. The maximum Gasteiger partial charge on any atom is 0.269 e. The number of aromatic hydroxyl groups is 1. The van der Waals surface area contributed by atoms with Crippen LogP contribution in [-0.2, 0) is 0 Å². The molecule has 1 N–H and O–H groups in total. The fourth-order valence-corrected chi connectivity index (χ4v) is 3.24. The summed E-state index contributed by atoms with van der Waals surface area (Å²) in [6, 6.07) is 10.5. The van der Waals surface area contributed by atoms with Crippen LogP contribution in [0, 0.1) is 10.1 Å². The second kappa shape index (κ2) is 5.73. The average Bonchev–Trinajstić information content (AvgIpc) is 2.54. The average molecular weight is 338 g/mol. The van der Waals surface area contributed by atoms with E-state index in [1.54, 1.807) is 23.1 Å². The molecular formula is C19H18N2O4. The molecule has 2 aromatic carbocycles. The van der Waals surface area contributed by atoms with Crippen molar-refractivity contribution >= 4 is 22.9 Å². The summed E-state index contributed by atoms with van der Waals surface area (Å²) in [4.78, 5) is 25.1. The number of phenolic OH excluding ortho intramolecular Hbond substituents is 1. The lowest BCUT2D eigenvalue weighted by atomic mass is 9.88. The van der Waals surface area contributed by atoms with Crippen molar-refractivity contribution in [2.75, 3.05) is 4.90 Å². The van der Waals surface area contributed by atoms with Crippen LogP contribution >= 0.6 is 0 Å². The van der Waals surface area contributed by atoms with E-state index in [0.717, 1.165) is 11.1 Å². The Hall–Kier alpha value is -3.15. The summed E-state index contributed by atoms with van der Waals surface area (Å²) in [7, 11) is 0. The summed E-state index contributed by atoms with van der Waals surface area (Å²) < 4.78 is 0. The Labute approximate surface area is 145 Å². The second-order valence-corrected chi connectivity index (χ2v) is 6.63. The van der Waals surface area contributed by atoms with Crippen LogP contribution in [0.3, 0.4) is 0 Å². The number of anilines is 1. The quantitative estimate of drug-likeness (QED) is 0.659. The van der Waals surface area contributed by atoms with Gasteiger partial charge in [-0.3, -0.25) is 19.8 Å². The normalized spacial score (nSPS) is 15.3. The van der Waals surface area contributed by atoms with Gasteiger partial charge < -0.3 is 5.11 Å². The minimum Gasteiger partial charge on any atom is -0.508 e. The van der Waals surface area contributed by atoms with E-state index in [9.17, 15) is 20.0 Å². The number of phenols is 1. The third-order valence-electron chi connectivity index (χ3n) is 4.32. The van der Waals surface area contributed by atoms with E-state index >= 15 is 0 Å². The molecule has 25 heavy (non-hydrogen) atoms. The number of carbonyl (C=O) groups is 1. The highest BCUT2D eigenvalue weighted by molar-refractivity contribution is 6.10. The van der Waals surface area contributed by atoms with E-state index in [1.165, 1.54) is 24.3 Å². The molecule has 0 saturated heterocycles. The fraction of sp³-hybridized carbons (Fsp3) is 0.211. The van der Waals surface area contributed by atoms with Crippen LogP contribution in [0.25, 0.3) is 5.57 Å². The summed E-state index contributed by atoms with van der Waals surface area (Å²) in [6.07, 6.45) is 1.97. The van der Waals surface area contributed by atoms with E-state index in [0.29, 0.717) is 11.3 Å². The first kappa shape index (κ1) is 16.7. The van der Waals surface area contributed by atoms with Gasteiger partial charge in [-0.05, 0) is 56.7 Å². The van der Waals surface area contributed by atoms with Gasteiger partial charge in [-0.1, -0.05) is 6.08 Å². The summed E-state index contributed by atoms with van der Waals surface area (Å²) >= 11 is 0. The van der Waals surface area contributed by atoms with Crippen molar-refractivity contribution < 1.29 is 14.8 Å². The molecule has 0 aliphatic carbocycles. The number of amides is 1. The van der Waals surface area contributed by atoms with Gasteiger partial charge in [0.05, 0.1) is 16.1 Å². The molecule has 1 aliphatic heterocycles. The van der Waals surface area contributed by atoms with Crippen LogP contribution in [0.15, 0.2) is 48.5 Å². The number of carbonyl (C=O) groups excluding carboxylic acids is 1. The van der Waals surface area contributed by atoms with Crippen LogP contribution in [0.2, 0.25) is 0 Å². The van der Waals surface area contributed by atoms with Gasteiger partial charge >= 0.3 is 0 Å². The summed E-state index contributed by atoms with van der Waals surface area (Å²) in [6.45, 7) is 5.79. The van der Waals surface area contributed by atoms with E-state index in [2.05, 4.69) is 0 Å². The maximum absolute atomic E-state index is 13.1. The number of fused-ring (bicyclic) bond motifs is 1. The molecule has 0 aromatic heterocycles. The fourth-order valence-electron chi connectivity index (χ4n) is 3.24. The van der Waals surface area contributed by atoms with Crippen LogP contribution in [0.5, 0.6) is 5.75 Å². The Morgan fingerprint density at radius 1 is 1.16 bits per heavy atom. The molecule has 0 fully saturated rings. The van der Waals surface area contributed by atoms with Crippen molar-refractivity contribution in [1.82, 2.24) is 0 Å². The largest absolute Gasteiger partial charge is 0.508 e. The Morgan fingerprint density at radius 3 is 2.40 bits per heavy atom. The minimum atomic E-state index is -0.576. The van der Waals surface area contributed by atoms with Gasteiger partial charge in [-0.2, -0.15) is 0 Å². The van der Waals surface area contributed by atoms with Crippen molar-refractivity contribution in [1.29, 1.82) is 0 Å². The molecule has 0 atom stereocenters. The standard InChI is InChI=1S/C19H18N2O4/c1-12-11-19(2,3)20(17-9-8-15(22)10-16(12)17)18(23)13-4-6-14(7-5-13)21(24)25/h4-11,22H,1-3H3. The lowest BCUT2D eigenvalue weighted by Gasteiger charge is -2.41. The van der Waals surface area contributed by atoms with Crippen molar-refractivity contribution in [2.24, 2.45) is 0 Å². The van der Waals surface area contributed by atoms with Crippen LogP contribution in [0.4, 0.5) is 11.4 Å². The molecule has 1 heterocycles. The highest BCUT2D eigenvalue weighted by atomic mass is 16.6. The number of hydrogen-bond acceptors (Lipinski definition) is 4. The van der Waals surface area contributed by atoms with Gasteiger partial charge in [0.1, 0.15) is 5.75 Å². The number of rotatable bonds is 2. The summed E-state index contributed by atoms with van der Waals surface area (Å²) in [5.74, 6) is -0.121. The van der Waals surface area contributed by atoms with Crippen molar-refractivity contribution in [3.63, 3.8) is 0 Å². The van der Waals surface area contributed by atoms with Gasteiger partial charge in [0, 0.05) is 23.3 Å². The molecule has 0 spiro atoms. The highest BCUT2D eigenvalue weighted by Gasteiger charge is 2.36. The van der Waals surface area contributed by atoms with E-state index in [4.69, 9.17) is 0 Å². The van der Waals surface area contributed by atoms with E-state index < -0.39 is 10.5 Å². The lowest BCUT2D eigenvalue weighted by Crippen LogP contribution is -2.49. The SMILES string of the molecule is CC1=CC(C)(C)N(C(=O)c2ccc([N+](=O)[O-])cc2)c2ccc(O)cc21. The predicted molar refractivity (Wildman–Crippen MR) is 95.7 cm³/mol. The molecule has 0 radical (unpaired) electrons. The first-order valence-corrected chi connectivity index (χ1v) is 7.82. The zero-order valence-electron chi connectivity index (χ0n) is 14.2. The van der Waals surface area contributed by atoms with Crippen molar-refractivity contribution in [3.8, 4) is 5.75 Å². The lowest BCUT2D eigenvalue weighted by molar-refractivity contribution is -0.384. The Kier molecular flexibility index (Phi) is 3.83. The third-order valence-corrected chi connectivity index (χ3v) is 4.32. The monoisotopic (exact) mass is 338 g/mol. The molecule has 0 saturated carbocycles. The molecule has 6 nitrogen and oxygen atoms in total. The van der Waals surface area contributed by atoms with Gasteiger partial charge in [0.15, 0.2) is 0 Å². The number of allylic oxidation sites excluding steroid dienone is 1. The molecular weight excluding hydrogens is 320 g/mol. The van der Waals surface area contributed by atoms with Gasteiger partial charge in [0.25, 0.3) is 11.6 Å². The molecule has 0 unspecified atom stereocenters. The molecule has 3 rings (SSSR count). The third kappa shape index (κ3) is 2.87. The number of nitrogens with zero attached hydrogens (tertiary/aromatic N) is 2. The first-order valence-electron chi connectivity index (χ1n) is 7.82. The molecule has 1 amide bonds. The molecule has 1 aliphatic rings. The Morgan fingerprint density at radius 2 is 1.80 bits per heavy atom. The van der Waals surface area contributed by atoms with Crippen LogP contribution in [0.1, 0.15) is 36.7 Å². The second-order valence-electron chi connectivity index (χ2n) is 6.63. The molecule has 2 aromatic rings. The minimum absolute atomic E-state index is 0.0597. The van der Waals surface area contributed by atoms with Crippen LogP contribution < -0.4 is 4.90 Å². The summed E-state index contributed by atoms with van der Waals surface area (Å²) in [5.41, 5.74) is 2.19. The van der Waals surface area contributed by atoms with Gasteiger partial charge in [-0.15, -0.1) is 0 Å². The zero-order valence-corrected chi connectivity index (χ0v) is 14.2. The van der Waals surface area contributed by atoms with Crippen LogP contribution in [-0.4, -0.2) is 21.5 Å². The zero-order chi connectivity index (χ0) is 18.4.